The van der Waals surface area contributed by atoms with E-state index in [1.54, 1.807) is 17.0 Å². The molecular weight excluding hydrogens is 256 g/mol. The molecule has 1 aromatic rings. The molecule has 112 valence electrons. The SMILES string of the molecule is CCOC1CC(N)C1Nc1nccn(C(C)(C)C)c1=O. The molecule has 2 rings (SSSR count). The van der Waals surface area contributed by atoms with E-state index in [9.17, 15) is 4.79 Å². The second-order valence-corrected chi connectivity index (χ2v) is 6.19. The Hall–Kier alpha value is -1.40. The van der Waals surface area contributed by atoms with Crippen molar-refractivity contribution in [2.45, 2.75) is 57.8 Å². The van der Waals surface area contributed by atoms with Crippen LogP contribution in [0.1, 0.15) is 34.1 Å². The van der Waals surface area contributed by atoms with E-state index in [0.717, 1.165) is 6.42 Å². The second kappa shape index (κ2) is 5.54. The van der Waals surface area contributed by atoms with Crippen molar-refractivity contribution < 1.29 is 4.74 Å². The minimum atomic E-state index is -0.280. The van der Waals surface area contributed by atoms with Crippen molar-refractivity contribution >= 4 is 5.82 Å². The number of hydrogen-bond acceptors (Lipinski definition) is 5. The third-order valence-corrected chi connectivity index (χ3v) is 3.61. The molecule has 0 amide bonds. The van der Waals surface area contributed by atoms with E-state index in [1.165, 1.54) is 0 Å². The lowest BCUT2D eigenvalue weighted by atomic mass is 9.83. The highest BCUT2D eigenvalue weighted by Gasteiger charge is 2.40. The number of rotatable bonds is 4. The van der Waals surface area contributed by atoms with Crippen LogP contribution in [0.2, 0.25) is 0 Å². The number of aromatic nitrogens is 2. The normalized spacial score (nSPS) is 26.1. The molecule has 6 heteroatoms. The zero-order valence-corrected chi connectivity index (χ0v) is 12.6. The summed E-state index contributed by atoms with van der Waals surface area (Å²) in [7, 11) is 0. The maximum absolute atomic E-state index is 12.4. The molecule has 20 heavy (non-hydrogen) atoms. The van der Waals surface area contributed by atoms with Gasteiger partial charge in [0.05, 0.1) is 12.1 Å². The van der Waals surface area contributed by atoms with Gasteiger partial charge in [-0.05, 0) is 34.1 Å². The van der Waals surface area contributed by atoms with Crippen molar-refractivity contribution in [1.82, 2.24) is 9.55 Å². The van der Waals surface area contributed by atoms with E-state index in [2.05, 4.69) is 10.3 Å². The number of hydrogen-bond donors (Lipinski definition) is 2. The molecule has 1 saturated carbocycles. The van der Waals surface area contributed by atoms with E-state index >= 15 is 0 Å². The molecule has 3 unspecified atom stereocenters. The van der Waals surface area contributed by atoms with Crippen LogP contribution in [-0.2, 0) is 10.3 Å². The number of nitrogens with two attached hydrogens (primary N) is 1. The lowest BCUT2D eigenvalue weighted by Gasteiger charge is -2.42. The molecule has 0 saturated heterocycles. The Morgan fingerprint density at radius 1 is 1.55 bits per heavy atom. The maximum Gasteiger partial charge on any atom is 0.293 e. The van der Waals surface area contributed by atoms with Gasteiger partial charge in [-0.3, -0.25) is 4.79 Å². The largest absolute Gasteiger partial charge is 0.376 e. The minimum Gasteiger partial charge on any atom is -0.376 e. The Morgan fingerprint density at radius 3 is 2.80 bits per heavy atom. The van der Waals surface area contributed by atoms with Crippen LogP contribution < -0.4 is 16.6 Å². The van der Waals surface area contributed by atoms with Crippen molar-refractivity contribution in [3.63, 3.8) is 0 Å². The molecule has 1 aliphatic rings. The Bertz CT molecular complexity index is 519. The molecular formula is C14H24N4O2. The van der Waals surface area contributed by atoms with E-state index in [4.69, 9.17) is 10.5 Å². The molecule has 1 aliphatic carbocycles. The van der Waals surface area contributed by atoms with E-state index in [-0.39, 0.29) is 29.3 Å². The average molecular weight is 280 g/mol. The van der Waals surface area contributed by atoms with Crippen LogP contribution in [0, 0.1) is 0 Å². The summed E-state index contributed by atoms with van der Waals surface area (Å²) in [5.74, 6) is 0.340. The molecule has 6 nitrogen and oxygen atoms in total. The predicted octanol–water partition coefficient (Wildman–Crippen LogP) is 0.915. The fourth-order valence-electron chi connectivity index (χ4n) is 2.42. The second-order valence-electron chi connectivity index (χ2n) is 6.19. The third-order valence-electron chi connectivity index (χ3n) is 3.61. The lowest BCUT2D eigenvalue weighted by Crippen LogP contribution is -2.61. The first-order valence-electron chi connectivity index (χ1n) is 7.06. The van der Waals surface area contributed by atoms with Gasteiger partial charge in [-0.25, -0.2) is 4.98 Å². The van der Waals surface area contributed by atoms with E-state index < -0.39 is 0 Å². The number of nitrogens with one attached hydrogen (secondary N) is 1. The molecule has 0 bridgehead atoms. The van der Waals surface area contributed by atoms with Crippen LogP contribution in [-0.4, -0.2) is 34.3 Å². The zero-order chi connectivity index (χ0) is 14.9. The summed E-state index contributed by atoms with van der Waals surface area (Å²) in [6, 6.07) is -0.0537. The third kappa shape index (κ3) is 2.86. The fraction of sp³-hybridized carbons (Fsp3) is 0.714. The van der Waals surface area contributed by atoms with Crippen LogP contribution in [0.4, 0.5) is 5.82 Å². The quantitative estimate of drug-likeness (QED) is 0.857. The molecule has 0 aliphatic heterocycles. The standard InChI is InChI=1S/C14H24N4O2/c1-5-20-10-8-9(15)11(10)17-12-13(19)18(7-6-16-12)14(2,3)4/h6-7,9-11H,5,8,15H2,1-4H3,(H,16,17). The van der Waals surface area contributed by atoms with Gasteiger partial charge >= 0.3 is 0 Å². The van der Waals surface area contributed by atoms with Gasteiger partial charge in [0.25, 0.3) is 5.56 Å². The number of anilines is 1. The number of nitrogens with zero attached hydrogens (tertiary/aromatic N) is 2. The van der Waals surface area contributed by atoms with Crippen molar-refractivity contribution in [3.8, 4) is 0 Å². The Morgan fingerprint density at radius 2 is 2.25 bits per heavy atom. The summed E-state index contributed by atoms with van der Waals surface area (Å²) >= 11 is 0. The highest BCUT2D eigenvalue weighted by atomic mass is 16.5. The Kier molecular flexibility index (Phi) is 4.15. The first-order chi connectivity index (χ1) is 9.34. The van der Waals surface area contributed by atoms with Crippen LogP contribution in [0.5, 0.6) is 0 Å². The molecule has 1 aromatic heterocycles. The minimum absolute atomic E-state index is 0.00366. The topological polar surface area (TPSA) is 82.2 Å². The van der Waals surface area contributed by atoms with E-state index in [1.807, 2.05) is 27.7 Å². The molecule has 3 atom stereocenters. The average Bonchev–Trinajstić information content (AvgIpc) is 2.36. The first-order valence-corrected chi connectivity index (χ1v) is 7.06. The summed E-state index contributed by atoms with van der Waals surface area (Å²) < 4.78 is 7.26. The summed E-state index contributed by atoms with van der Waals surface area (Å²) in [5, 5.41) is 3.15. The van der Waals surface area contributed by atoms with Gasteiger partial charge < -0.3 is 20.4 Å². The zero-order valence-electron chi connectivity index (χ0n) is 12.6. The van der Waals surface area contributed by atoms with Gasteiger partial charge in [-0.2, -0.15) is 0 Å². The van der Waals surface area contributed by atoms with Gasteiger partial charge in [-0.1, -0.05) is 0 Å². The van der Waals surface area contributed by atoms with Gasteiger partial charge in [0, 0.05) is 30.6 Å². The fourth-order valence-corrected chi connectivity index (χ4v) is 2.42. The first kappa shape index (κ1) is 15.0. The molecule has 1 heterocycles. The van der Waals surface area contributed by atoms with Gasteiger partial charge in [0.2, 0.25) is 0 Å². The van der Waals surface area contributed by atoms with Gasteiger partial charge in [0.1, 0.15) is 0 Å². The van der Waals surface area contributed by atoms with E-state index in [0.29, 0.717) is 12.4 Å². The summed E-state index contributed by atoms with van der Waals surface area (Å²) in [6.45, 7) is 8.54. The van der Waals surface area contributed by atoms with Gasteiger partial charge in [0.15, 0.2) is 5.82 Å². The van der Waals surface area contributed by atoms with Crippen molar-refractivity contribution in [2.75, 3.05) is 11.9 Å². The molecule has 0 spiro atoms. The predicted molar refractivity (Wildman–Crippen MR) is 78.9 cm³/mol. The van der Waals surface area contributed by atoms with Gasteiger partial charge in [-0.15, -0.1) is 0 Å². The van der Waals surface area contributed by atoms with Crippen molar-refractivity contribution in [2.24, 2.45) is 5.73 Å². The van der Waals surface area contributed by atoms with Crippen LogP contribution >= 0.6 is 0 Å². The lowest BCUT2D eigenvalue weighted by molar-refractivity contribution is -0.0127. The van der Waals surface area contributed by atoms with Crippen LogP contribution in [0.25, 0.3) is 0 Å². The molecule has 0 radical (unpaired) electrons. The number of ether oxygens (including phenoxy) is 1. The Labute approximate surface area is 119 Å². The highest BCUT2D eigenvalue weighted by Crippen LogP contribution is 2.25. The smallest absolute Gasteiger partial charge is 0.293 e. The molecule has 3 N–H and O–H groups in total. The summed E-state index contributed by atoms with van der Waals surface area (Å²) in [6.07, 6.45) is 4.20. The monoisotopic (exact) mass is 280 g/mol. The maximum atomic E-state index is 12.4. The highest BCUT2D eigenvalue weighted by molar-refractivity contribution is 5.35. The molecule has 0 aromatic carbocycles. The molecule has 1 fully saturated rings. The van der Waals surface area contributed by atoms with Crippen molar-refractivity contribution in [1.29, 1.82) is 0 Å². The summed E-state index contributed by atoms with van der Waals surface area (Å²) in [4.78, 5) is 16.6. The summed E-state index contributed by atoms with van der Waals surface area (Å²) in [5.41, 5.74) is 5.58. The Balaban J connectivity index is 2.20. The van der Waals surface area contributed by atoms with Crippen LogP contribution in [0.3, 0.4) is 0 Å². The van der Waals surface area contributed by atoms with Crippen LogP contribution in [0.15, 0.2) is 17.2 Å². The van der Waals surface area contributed by atoms with Crippen molar-refractivity contribution in [3.05, 3.63) is 22.7 Å².